The number of hydrogen-bond donors (Lipinski definition) is 2. The molecule has 1 atom stereocenters. The maximum absolute atomic E-state index is 12.9. The number of aliphatic hydroxyl groups is 1. The number of carbonyl (C=O) groups is 1. The molecular weight excluding hydrogens is 599 g/mol. The van der Waals surface area contributed by atoms with Gasteiger partial charge in [0.05, 0.1) is 12.2 Å². The minimum Gasteiger partial charge on any atom is -0.385 e. The summed E-state index contributed by atoms with van der Waals surface area (Å²) in [5.41, 5.74) is 0.667. The number of likely N-dealkylation sites (tertiary alicyclic amines) is 1. The van der Waals surface area contributed by atoms with Crippen molar-refractivity contribution < 1.29 is 23.4 Å². The van der Waals surface area contributed by atoms with Crippen molar-refractivity contribution in [3.05, 3.63) is 70.5 Å². The SMILES string of the molecule is O=C(CCCN1CCC(O)(c2ccc(Cl)cc2)CC1)c1ccc(F)cc1.O=P1(NCCCl)OCCCN1CCCl. The number of hydrogen-bond acceptors (Lipinski definition) is 5. The van der Waals surface area contributed by atoms with Crippen LogP contribution >= 0.6 is 42.5 Å². The van der Waals surface area contributed by atoms with Gasteiger partial charge in [0.2, 0.25) is 0 Å². The van der Waals surface area contributed by atoms with E-state index >= 15 is 0 Å². The number of rotatable bonds is 11. The highest BCUT2D eigenvalue weighted by Gasteiger charge is 2.34. The lowest BCUT2D eigenvalue weighted by atomic mass is 9.84. The van der Waals surface area contributed by atoms with E-state index in [1.807, 2.05) is 24.3 Å². The van der Waals surface area contributed by atoms with Crippen molar-refractivity contribution in [3.63, 3.8) is 0 Å². The van der Waals surface area contributed by atoms with Gasteiger partial charge in [0.15, 0.2) is 5.78 Å². The minimum atomic E-state index is -2.84. The zero-order valence-electron chi connectivity index (χ0n) is 22.5. The number of benzene rings is 2. The largest absolute Gasteiger partial charge is 0.385 e. The Balaban J connectivity index is 0.000000267. The van der Waals surface area contributed by atoms with E-state index in [4.69, 9.17) is 39.3 Å². The quantitative estimate of drug-likeness (QED) is 0.170. The molecule has 2 saturated heterocycles. The van der Waals surface area contributed by atoms with Gasteiger partial charge in [0.1, 0.15) is 5.82 Å². The second-order valence-corrected chi connectivity index (χ2v) is 13.2. The fraction of sp³-hybridized carbons (Fsp3) is 0.536. The average Bonchev–Trinajstić information content (AvgIpc) is 2.95. The smallest absolute Gasteiger partial charge is 0.343 e. The summed E-state index contributed by atoms with van der Waals surface area (Å²) >= 11 is 17.1. The third-order valence-corrected chi connectivity index (χ3v) is 9.97. The summed E-state index contributed by atoms with van der Waals surface area (Å²) in [5.74, 6) is 0.584. The zero-order chi connectivity index (χ0) is 29.0. The maximum Gasteiger partial charge on any atom is 0.343 e. The molecule has 40 heavy (non-hydrogen) atoms. The molecule has 0 spiro atoms. The molecule has 7 nitrogen and oxygen atoms in total. The van der Waals surface area contributed by atoms with Crippen molar-refractivity contribution in [1.29, 1.82) is 0 Å². The van der Waals surface area contributed by atoms with Crippen molar-refractivity contribution in [3.8, 4) is 0 Å². The number of carbonyl (C=O) groups excluding carboxylic acids is 1. The van der Waals surface area contributed by atoms with Crippen LogP contribution in [-0.2, 0) is 14.7 Å². The van der Waals surface area contributed by atoms with E-state index < -0.39 is 13.3 Å². The van der Waals surface area contributed by atoms with Crippen molar-refractivity contribution in [2.24, 2.45) is 0 Å². The normalized spacial score (nSPS) is 21.4. The lowest BCUT2D eigenvalue weighted by molar-refractivity contribution is -0.0260. The second-order valence-electron chi connectivity index (χ2n) is 9.86. The molecule has 0 radical (unpaired) electrons. The summed E-state index contributed by atoms with van der Waals surface area (Å²) in [6.07, 6.45) is 3.43. The lowest BCUT2D eigenvalue weighted by Crippen LogP contribution is -2.42. The molecule has 0 aromatic heterocycles. The Kier molecular flexibility index (Phi) is 13.8. The van der Waals surface area contributed by atoms with Crippen molar-refractivity contribution in [1.82, 2.24) is 14.7 Å². The van der Waals surface area contributed by atoms with Gasteiger partial charge in [-0.15, -0.1) is 23.2 Å². The first-order valence-corrected chi connectivity index (χ1v) is 16.6. The molecule has 2 aliphatic rings. The summed E-state index contributed by atoms with van der Waals surface area (Å²) in [4.78, 5) is 14.4. The van der Waals surface area contributed by atoms with E-state index in [9.17, 15) is 18.9 Å². The standard InChI is InChI=1S/C21H23ClFNO2.C7H15Cl2N2O2P/c22-18-7-5-17(6-8-18)21(26)11-14-24(15-12-21)13-1-2-20(25)16-3-9-19(23)10-4-16;8-2-4-10-14(12)11(6-3-9)5-1-7-13-14/h3-10,26H,1-2,11-15H2;1-7H2,(H,10,12). The van der Waals surface area contributed by atoms with Crippen LogP contribution in [0, 0.1) is 5.82 Å². The second kappa shape index (κ2) is 16.5. The Morgan fingerprint density at radius 3 is 2.33 bits per heavy atom. The van der Waals surface area contributed by atoms with Gasteiger partial charge in [-0.25, -0.2) is 14.1 Å². The Labute approximate surface area is 251 Å². The highest BCUT2D eigenvalue weighted by Crippen LogP contribution is 2.48. The Morgan fingerprint density at radius 1 is 1.02 bits per heavy atom. The van der Waals surface area contributed by atoms with Gasteiger partial charge in [0.25, 0.3) is 0 Å². The first-order valence-electron chi connectivity index (χ1n) is 13.6. The molecule has 2 N–H and O–H groups in total. The van der Waals surface area contributed by atoms with E-state index in [1.165, 1.54) is 24.3 Å². The summed E-state index contributed by atoms with van der Waals surface area (Å²) in [5, 5.41) is 14.4. The van der Waals surface area contributed by atoms with Crippen LogP contribution in [0.1, 0.15) is 48.0 Å². The number of piperidine rings is 1. The average molecular weight is 637 g/mol. The van der Waals surface area contributed by atoms with Gasteiger partial charge in [-0.2, -0.15) is 0 Å². The molecule has 222 valence electrons. The van der Waals surface area contributed by atoms with Gasteiger partial charge in [0, 0.05) is 61.5 Å². The van der Waals surface area contributed by atoms with Crippen LogP contribution in [0.5, 0.6) is 0 Å². The predicted molar refractivity (Wildman–Crippen MR) is 160 cm³/mol. The third-order valence-electron chi connectivity index (χ3n) is 7.06. The van der Waals surface area contributed by atoms with Crippen LogP contribution in [0.4, 0.5) is 4.39 Å². The molecule has 4 rings (SSSR count). The maximum atomic E-state index is 12.9. The molecule has 0 aliphatic carbocycles. The van der Waals surface area contributed by atoms with Gasteiger partial charge in [-0.3, -0.25) is 9.36 Å². The van der Waals surface area contributed by atoms with Gasteiger partial charge in [-0.1, -0.05) is 23.7 Å². The number of halogens is 4. The fourth-order valence-electron chi connectivity index (χ4n) is 4.76. The van der Waals surface area contributed by atoms with E-state index in [-0.39, 0.29) is 11.6 Å². The van der Waals surface area contributed by atoms with E-state index in [1.54, 1.807) is 4.67 Å². The predicted octanol–water partition coefficient (Wildman–Crippen LogP) is 6.31. The monoisotopic (exact) mass is 635 g/mol. The molecule has 2 fully saturated rings. The summed E-state index contributed by atoms with van der Waals surface area (Å²) < 4.78 is 32.2. The van der Waals surface area contributed by atoms with Crippen LogP contribution in [0.25, 0.3) is 0 Å². The highest BCUT2D eigenvalue weighted by molar-refractivity contribution is 7.54. The first kappa shape index (κ1) is 33.4. The molecule has 2 aromatic rings. The van der Waals surface area contributed by atoms with Gasteiger partial charge in [-0.05, 0) is 74.2 Å². The van der Waals surface area contributed by atoms with Crippen LogP contribution < -0.4 is 5.09 Å². The lowest BCUT2D eigenvalue weighted by Gasteiger charge is -2.38. The molecule has 0 amide bonds. The van der Waals surface area contributed by atoms with Crippen LogP contribution in [0.15, 0.2) is 48.5 Å². The third kappa shape index (κ3) is 10.0. The van der Waals surface area contributed by atoms with E-state index in [2.05, 4.69) is 9.99 Å². The Morgan fingerprint density at radius 2 is 1.70 bits per heavy atom. The molecule has 12 heteroatoms. The van der Waals surface area contributed by atoms with Crippen LogP contribution in [0.2, 0.25) is 5.02 Å². The number of alkyl halides is 2. The van der Waals surface area contributed by atoms with Crippen molar-refractivity contribution in [2.45, 2.75) is 37.7 Å². The summed E-state index contributed by atoms with van der Waals surface area (Å²) in [6, 6.07) is 13.1. The topological polar surface area (TPSA) is 82.1 Å². The number of nitrogens with zero attached hydrogens (tertiary/aromatic N) is 2. The van der Waals surface area contributed by atoms with E-state index in [0.717, 1.165) is 44.6 Å². The Hall–Kier alpha value is -1.06. The molecule has 2 aliphatic heterocycles. The molecule has 0 saturated carbocycles. The molecule has 0 bridgehead atoms. The van der Waals surface area contributed by atoms with Gasteiger partial charge >= 0.3 is 7.67 Å². The fourth-order valence-corrected chi connectivity index (χ4v) is 7.43. The number of nitrogens with one attached hydrogen (secondary N) is 1. The zero-order valence-corrected chi connectivity index (χ0v) is 25.7. The Bertz CT molecular complexity index is 1100. The van der Waals surface area contributed by atoms with Crippen LogP contribution in [0.3, 0.4) is 0 Å². The molecule has 2 aromatic carbocycles. The summed E-state index contributed by atoms with van der Waals surface area (Å²) in [6.45, 7) is 4.77. The van der Waals surface area contributed by atoms with Crippen LogP contribution in [-0.4, -0.2) is 78.1 Å². The van der Waals surface area contributed by atoms with E-state index in [0.29, 0.717) is 61.3 Å². The number of ketones is 1. The van der Waals surface area contributed by atoms with Gasteiger partial charge < -0.3 is 14.5 Å². The number of Topliss-reactive ketones (excluding diaryl/α,β-unsaturated/α-hetero) is 1. The highest BCUT2D eigenvalue weighted by atomic mass is 35.5. The molecular formula is C28H38Cl3FN3O4P. The minimum absolute atomic E-state index is 0.0414. The molecule has 2 heterocycles. The first-order chi connectivity index (χ1) is 19.2. The summed E-state index contributed by atoms with van der Waals surface area (Å²) in [7, 11) is -2.84. The molecule has 1 unspecified atom stereocenters. The van der Waals surface area contributed by atoms with Crippen molar-refractivity contribution in [2.75, 3.05) is 57.6 Å². The van der Waals surface area contributed by atoms with Crippen molar-refractivity contribution >= 4 is 48.3 Å².